The number of aromatic nitrogens is 1. The molecule has 27 heavy (non-hydrogen) atoms. The van der Waals surface area contributed by atoms with Gasteiger partial charge in [-0.25, -0.2) is 0 Å². The summed E-state index contributed by atoms with van der Waals surface area (Å²) in [5.74, 6) is 0. The van der Waals surface area contributed by atoms with E-state index in [1.165, 1.54) is 0 Å². The monoisotopic (exact) mass is 398 g/mol. The number of nitrogens with zero attached hydrogens (tertiary/aromatic N) is 2. The molecule has 5 nitrogen and oxygen atoms in total. The van der Waals surface area contributed by atoms with E-state index in [9.17, 15) is 13.0 Å². The van der Waals surface area contributed by atoms with Gasteiger partial charge in [-0.3, -0.25) is 9.54 Å². The summed E-state index contributed by atoms with van der Waals surface area (Å²) in [5, 5.41) is -1.08. The largest absolute Gasteiger partial charge is 0.319 e. The average molecular weight is 399 g/mol. The molecule has 2 heterocycles. The van der Waals surface area contributed by atoms with Crippen molar-refractivity contribution >= 4 is 33.3 Å². The van der Waals surface area contributed by atoms with Gasteiger partial charge in [-0.15, -0.1) is 0 Å². The summed E-state index contributed by atoms with van der Waals surface area (Å²) in [6, 6.07) is 19.1. The number of anilines is 2. The van der Waals surface area contributed by atoms with Crippen LogP contribution in [0.5, 0.6) is 0 Å². The summed E-state index contributed by atoms with van der Waals surface area (Å²) in [6.07, 6.45) is 1.96. The summed E-state index contributed by atoms with van der Waals surface area (Å²) in [4.78, 5) is 8.06. The molecule has 0 saturated carbocycles. The minimum atomic E-state index is -4.30. The molecule has 0 amide bonds. The van der Waals surface area contributed by atoms with E-state index in [0.29, 0.717) is 0 Å². The van der Waals surface area contributed by atoms with Crippen LogP contribution < -0.4 is 4.90 Å². The zero-order valence-corrected chi connectivity index (χ0v) is 16.2. The van der Waals surface area contributed by atoms with Crippen molar-refractivity contribution in [3.05, 3.63) is 66.9 Å². The first-order chi connectivity index (χ1) is 13.0. The molecule has 0 aliphatic carbocycles. The van der Waals surface area contributed by atoms with Crippen LogP contribution in [-0.4, -0.2) is 23.3 Å². The molecule has 0 spiro atoms. The van der Waals surface area contributed by atoms with Crippen LogP contribution in [0.3, 0.4) is 0 Å². The van der Waals surface area contributed by atoms with Crippen molar-refractivity contribution in [3.63, 3.8) is 0 Å². The molecule has 7 heteroatoms. The third kappa shape index (κ3) is 3.22. The molecule has 2 aromatic carbocycles. The van der Waals surface area contributed by atoms with Gasteiger partial charge in [0.2, 0.25) is 0 Å². The molecule has 1 unspecified atom stereocenters. The molecule has 0 fully saturated rings. The van der Waals surface area contributed by atoms with Gasteiger partial charge < -0.3 is 4.90 Å². The molecule has 1 aromatic heterocycles. The van der Waals surface area contributed by atoms with Crippen LogP contribution in [0.2, 0.25) is 0 Å². The van der Waals surface area contributed by atoms with E-state index in [-0.39, 0.29) is 6.42 Å². The highest BCUT2D eigenvalue weighted by Gasteiger charge is 2.36. The molecule has 138 valence electrons. The quantitative estimate of drug-likeness (QED) is 0.625. The second-order valence-corrected chi connectivity index (χ2v) is 8.84. The van der Waals surface area contributed by atoms with E-state index in [4.69, 9.17) is 0 Å². The Balaban J connectivity index is 2.02. The van der Waals surface area contributed by atoms with Gasteiger partial charge in [0.15, 0.2) is 5.37 Å². The van der Waals surface area contributed by atoms with Gasteiger partial charge in [0.05, 0.1) is 17.1 Å². The van der Waals surface area contributed by atoms with Crippen LogP contribution in [0.25, 0.3) is 11.3 Å². The predicted octanol–water partition coefficient (Wildman–Crippen LogP) is 4.98. The van der Waals surface area contributed by atoms with Gasteiger partial charge in [-0.05, 0) is 36.8 Å². The van der Waals surface area contributed by atoms with Gasteiger partial charge in [-0.1, -0.05) is 49.0 Å². The third-order valence-corrected chi connectivity index (χ3v) is 6.85. The van der Waals surface area contributed by atoms with Crippen LogP contribution in [0.4, 0.5) is 11.4 Å². The van der Waals surface area contributed by atoms with Gasteiger partial charge in [0.1, 0.15) is 0 Å². The lowest BCUT2D eigenvalue weighted by molar-refractivity contribution is 0.464. The van der Waals surface area contributed by atoms with Crippen molar-refractivity contribution in [1.29, 1.82) is 0 Å². The maximum absolute atomic E-state index is 12.2. The van der Waals surface area contributed by atoms with Crippen LogP contribution in [0.15, 0.2) is 76.7 Å². The highest BCUT2D eigenvalue weighted by molar-refractivity contribution is 7.99. The minimum absolute atomic E-state index is 0.244. The second kappa shape index (κ2) is 6.99. The summed E-state index contributed by atoms with van der Waals surface area (Å²) in [7, 11) is -4.30. The molecular formula is C20H18N2O3S2. The van der Waals surface area contributed by atoms with Crippen LogP contribution in [0, 0.1) is 0 Å². The van der Waals surface area contributed by atoms with Crippen LogP contribution in [0.1, 0.15) is 13.3 Å². The van der Waals surface area contributed by atoms with Crippen molar-refractivity contribution in [2.24, 2.45) is 0 Å². The lowest BCUT2D eigenvalue weighted by atomic mass is 10.1. The fourth-order valence-electron chi connectivity index (χ4n) is 3.39. The minimum Gasteiger partial charge on any atom is -0.319 e. The van der Waals surface area contributed by atoms with Gasteiger partial charge in [-0.2, -0.15) is 8.42 Å². The van der Waals surface area contributed by atoms with Gasteiger partial charge >= 0.3 is 0 Å². The number of hydrogen-bond acceptors (Lipinski definition) is 5. The Hall–Kier alpha value is -2.35. The van der Waals surface area contributed by atoms with Crippen molar-refractivity contribution < 1.29 is 13.0 Å². The van der Waals surface area contributed by atoms with Crippen molar-refractivity contribution in [2.75, 3.05) is 4.90 Å². The number of rotatable bonds is 4. The lowest BCUT2D eigenvalue weighted by Crippen LogP contribution is -2.39. The number of para-hydroxylation sites is 2. The zero-order chi connectivity index (χ0) is 19.0. The standard InChI is InChI=1S/C20H18N2O3S2/c1-2-19(27(23,24)25)22-16-10-3-4-11-17(16)26-18-12-7-8-14(20(18)22)15-9-5-6-13-21-15/h3-13,19H,2H2,1H3,(H,23,24,25). The molecule has 1 atom stereocenters. The number of hydrogen-bond donors (Lipinski definition) is 1. The molecule has 3 aromatic rings. The zero-order valence-electron chi connectivity index (χ0n) is 14.6. The van der Waals surface area contributed by atoms with E-state index in [1.807, 2.05) is 60.7 Å². The summed E-state index contributed by atoms with van der Waals surface area (Å²) in [6.45, 7) is 1.76. The Kier molecular flexibility index (Phi) is 4.67. The van der Waals surface area contributed by atoms with Crippen LogP contribution in [-0.2, 0) is 10.1 Å². The molecular weight excluding hydrogens is 380 g/mol. The Labute approximate surface area is 162 Å². The van der Waals surface area contributed by atoms with E-state index >= 15 is 0 Å². The molecule has 4 rings (SSSR count). The van der Waals surface area contributed by atoms with E-state index < -0.39 is 15.5 Å². The fourth-order valence-corrected chi connectivity index (χ4v) is 5.40. The average Bonchev–Trinajstić information content (AvgIpc) is 2.67. The fraction of sp³-hybridized carbons (Fsp3) is 0.150. The Bertz CT molecular complexity index is 1090. The topological polar surface area (TPSA) is 70.5 Å². The molecule has 0 radical (unpaired) electrons. The van der Waals surface area contributed by atoms with E-state index in [2.05, 4.69) is 4.98 Å². The maximum atomic E-state index is 12.2. The number of benzene rings is 2. The summed E-state index contributed by atoms with van der Waals surface area (Å²) in [5.41, 5.74) is 3.11. The van der Waals surface area contributed by atoms with E-state index in [0.717, 1.165) is 32.4 Å². The number of pyridine rings is 1. The Morgan fingerprint density at radius 2 is 1.78 bits per heavy atom. The summed E-state index contributed by atoms with van der Waals surface area (Å²) < 4.78 is 34.4. The molecule has 0 saturated heterocycles. The van der Waals surface area contributed by atoms with E-state index in [1.54, 1.807) is 29.8 Å². The summed E-state index contributed by atoms with van der Waals surface area (Å²) >= 11 is 1.59. The normalized spacial score (nSPS) is 14.4. The van der Waals surface area contributed by atoms with Crippen molar-refractivity contribution in [2.45, 2.75) is 28.5 Å². The van der Waals surface area contributed by atoms with Crippen molar-refractivity contribution in [1.82, 2.24) is 4.98 Å². The maximum Gasteiger partial charge on any atom is 0.286 e. The molecule has 1 aliphatic heterocycles. The lowest BCUT2D eigenvalue weighted by Gasteiger charge is -2.38. The second-order valence-electron chi connectivity index (χ2n) is 6.18. The SMILES string of the molecule is CCC(N1c2ccccc2Sc2cccc(-c3ccccn3)c21)S(=O)(=O)O. The first-order valence-electron chi connectivity index (χ1n) is 8.57. The first kappa shape index (κ1) is 18.0. The Morgan fingerprint density at radius 3 is 2.48 bits per heavy atom. The molecule has 1 aliphatic rings. The highest BCUT2D eigenvalue weighted by atomic mass is 32.2. The smallest absolute Gasteiger partial charge is 0.286 e. The molecule has 0 bridgehead atoms. The molecule has 1 N–H and O–H groups in total. The first-order valence-corrected chi connectivity index (χ1v) is 10.9. The highest BCUT2D eigenvalue weighted by Crippen LogP contribution is 2.52. The van der Waals surface area contributed by atoms with Gasteiger partial charge in [0.25, 0.3) is 10.1 Å². The van der Waals surface area contributed by atoms with Crippen molar-refractivity contribution in [3.8, 4) is 11.3 Å². The predicted molar refractivity (Wildman–Crippen MR) is 108 cm³/mol. The Morgan fingerprint density at radius 1 is 1.04 bits per heavy atom. The number of fused-ring (bicyclic) bond motifs is 2. The third-order valence-electron chi connectivity index (χ3n) is 4.51. The van der Waals surface area contributed by atoms with Crippen LogP contribution >= 0.6 is 11.8 Å². The van der Waals surface area contributed by atoms with Gasteiger partial charge in [0, 0.05) is 21.6 Å².